The van der Waals surface area contributed by atoms with E-state index in [-0.39, 0.29) is 38.6 Å². The van der Waals surface area contributed by atoms with Crippen LogP contribution in [0.2, 0.25) is 0 Å². The molecule has 0 unspecified atom stereocenters. The third-order valence-electron chi connectivity index (χ3n) is 7.34. The van der Waals surface area contributed by atoms with Gasteiger partial charge in [0, 0.05) is 37.5 Å². The lowest BCUT2D eigenvalue weighted by Gasteiger charge is -2.40. The number of likely N-dealkylation sites (tertiary alicyclic amines) is 1. The van der Waals surface area contributed by atoms with Gasteiger partial charge in [-0.2, -0.15) is 13.2 Å². The summed E-state index contributed by atoms with van der Waals surface area (Å²) >= 11 is 0. The molecule has 2 aliphatic heterocycles. The van der Waals surface area contributed by atoms with Crippen LogP contribution in [0.25, 0.3) is 0 Å². The number of halogens is 3. The molecule has 32 heavy (non-hydrogen) atoms. The van der Waals surface area contributed by atoms with Gasteiger partial charge in [-0.1, -0.05) is 21.3 Å². The Hall–Kier alpha value is -2.09. The van der Waals surface area contributed by atoms with Gasteiger partial charge in [0.1, 0.15) is 11.5 Å². The van der Waals surface area contributed by atoms with Crippen molar-refractivity contribution in [1.29, 1.82) is 0 Å². The van der Waals surface area contributed by atoms with Gasteiger partial charge in [-0.05, 0) is 43.4 Å². The minimum absolute atomic E-state index is 0. The minimum atomic E-state index is -4.44. The number of hydrogen-bond acceptors (Lipinski definition) is 4. The Bertz CT molecular complexity index is 861. The summed E-state index contributed by atoms with van der Waals surface area (Å²) in [5.74, 6) is 0.751. The second-order valence-electron chi connectivity index (χ2n) is 9.38. The van der Waals surface area contributed by atoms with Crippen LogP contribution in [0.4, 0.5) is 13.2 Å². The number of ketones is 1. The van der Waals surface area contributed by atoms with Gasteiger partial charge in [-0.15, -0.1) is 0 Å². The Morgan fingerprint density at radius 2 is 1.91 bits per heavy atom. The molecule has 0 spiro atoms. The van der Waals surface area contributed by atoms with Gasteiger partial charge in [0.2, 0.25) is 5.91 Å². The predicted octanol–water partition coefficient (Wildman–Crippen LogP) is 4.88. The quantitative estimate of drug-likeness (QED) is 0.653. The van der Waals surface area contributed by atoms with E-state index >= 15 is 0 Å². The number of piperidine rings is 1. The zero-order valence-corrected chi connectivity index (χ0v) is 18.0. The molecule has 1 saturated carbocycles. The summed E-state index contributed by atoms with van der Waals surface area (Å²) in [5, 5.41) is 0. The number of fused-ring (bicyclic) bond motifs is 1. The number of carbonyl (C=O) groups is 2. The first kappa shape index (κ1) is 24.6. The number of Topliss-reactive ketones (excluding diaryl/α,β-unsaturated/α-hetero) is 1. The molecule has 3 aliphatic rings. The maximum absolute atomic E-state index is 13.7. The second-order valence-corrected chi connectivity index (χ2v) is 9.38. The van der Waals surface area contributed by atoms with E-state index in [0.29, 0.717) is 36.4 Å². The summed E-state index contributed by atoms with van der Waals surface area (Å²) in [6, 6.07) is 3.69. The van der Waals surface area contributed by atoms with Crippen molar-refractivity contribution in [3.8, 4) is 5.75 Å². The van der Waals surface area contributed by atoms with E-state index in [2.05, 4.69) is 4.90 Å². The number of alkyl halides is 3. The van der Waals surface area contributed by atoms with Crippen molar-refractivity contribution in [2.45, 2.75) is 72.1 Å². The molecule has 1 aromatic carbocycles. The largest absolute Gasteiger partial charge is 0.473 e. The van der Waals surface area contributed by atoms with Crippen molar-refractivity contribution in [3.05, 3.63) is 29.3 Å². The minimum Gasteiger partial charge on any atom is -0.473 e. The summed E-state index contributed by atoms with van der Waals surface area (Å²) in [5.41, 5.74) is -0.907. The van der Waals surface area contributed by atoms with Gasteiger partial charge < -0.3 is 9.64 Å². The number of ether oxygens (including phenoxy) is 1. The van der Waals surface area contributed by atoms with Crippen LogP contribution in [0.3, 0.4) is 0 Å². The van der Waals surface area contributed by atoms with Crippen LogP contribution in [0.1, 0.15) is 64.5 Å². The van der Waals surface area contributed by atoms with Crippen LogP contribution in [-0.4, -0.2) is 47.4 Å². The molecule has 4 rings (SSSR count). The summed E-state index contributed by atoms with van der Waals surface area (Å²) in [6.07, 6.45) is -0.959. The Balaban J connectivity index is 0.00000289. The number of carbonyl (C=O) groups excluding carboxylic acids is 2. The summed E-state index contributed by atoms with van der Waals surface area (Å²) < 4.78 is 45.0. The molecule has 1 aliphatic carbocycles. The molecular formula is C24H33F3N2O3. The van der Waals surface area contributed by atoms with E-state index in [0.717, 1.165) is 38.1 Å². The van der Waals surface area contributed by atoms with Crippen molar-refractivity contribution >= 4 is 11.7 Å². The maximum Gasteiger partial charge on any atom is 0.416 e. The molecule has 0 N–H and O–H groups in total. The first-order valence-corrected chi connectivity index (χ1v) is 11.0. The second kappa shape index (κ2) is 9.04. The standard InChI is InChI=1S/C23H29F3N2O3.CH4/c1-15(2)22(8-5-18(12-22)27-9-6-19(29)7-10-27)21(30)28-13-16-11-17(23(24,25)26)3-4-20(16)31-14-28;/h3-4,11,15,18H,5-10,12-14H2,1-2H3;1H4/t18-,22+;/m1./s1. The van der Waals surface area contributed by atoms with Crippen molar-refractivity contribution in [2.24, 2.45) is 11.3 Å². The average molecular weight is 455 g/mol. The highest BCUT2D eigenvalue weighted by atomic mass is 19.4. The predicted molar refractivity (Wildman–Crippen MR) is 115 cm³/mol. The van der Waals surface area contributed by atoms with Crippen LogP contribution in [-0.2, 0) is 22.3 Å². The Morgan fingerprint density at radius 3 is 2.53 bits per heavy atom. The molecule has 0 aromatic heterocycles. The Morgan fingerprint density at radius 1 is 1.22 bits per heavy atom. The highest BCUT2D eigenvalue weighted by Gasteiger charge is 2.51. The number of amides is 1. The Kier molecular flexibility index (Phi) is 6.94. The number of hydrogen-bond donors (Lipinski definition) is 0. The summed E-state index contributed by atoms with van der Waals surface area (Å²) in [4.78, 5) is 29.2. The fourth-order valence-corrected chi connectivity index (χ4v) is 5.33. The molecule has 178 valence electrons. The number of benzene rings is 1. The van der Waals surface area contributed by atoms with Gasteiger partial charge in [0.25, 0.3) is 0 Å². The highest BCUT2D eigenvalue weighted by molar-refractivity contribution is 5.84. The van der Waals surface area contributed by atoms with Crippen LogP contribution in [0.5, 0.6) is 5.75 Å². The lowest BCUT2D eigenvalue weighted by atomic mass is 9.74. The third kappa shape index (κ3) is 4.51. The zero-order valence-electron chi connectivity index (χ0n) is 18.0. The molecule has 0 radical (unpaired) electrons. The molecule has 1 aromatic rings. The zero-order chi connectivity index (χ0) is 22.4. The average Bonchev–Trinajstić information content (AvgIpc) is 3.19. The molecule has 2 heterocycles. The highest BCUT2D eigenvalue weighted by Crippen LogP contribution is 2.48. The fourth-order valence-electron chi connectivity index (χ4n) is 5.33. The molecule has 8 heteroatoms. The van der Waals surface area contributed by atoms with Gasteiger partial charge >= 0.3 is 6.18 Å². The topological polar surface area (TPSA) is 49.9 Å². The van der Waals surface area contributed by atoms with Crippen LogP contribution in [0, 0.1) is 11.3 Å². The molecule has 1 amide bonds. The summed E-state index contributed by atoms with van der Waals surface area (Å²) in [7, 11) is 0. The first-order valence-electron chi connectivity index (χ1n) is 11.0. The maximum atomic E-state index is 13.7. The Labute approximate surface area is 187 Å². The number of nitrogens with zero attached hydrogens (tertiary/aromatic N) is 2. The van der Waals surface area contributed by atoms with Crippen molar-refractivity contribution in [1.82, 2.24) is 9.80 Å². The molecule has 1 saturated heterocycles. The van der Waals surface area contributed by atoms with Gasteiger partial charge in [-0.3, -0.25) is 14.5 Å². The van der Waals surface area contributed by atoms with E-state index in [1.807, 2.05) is 13.8 Å². The smallest absolute Gasteiger partial charge is 0.416 e. The molecule has 2 fully saturated rings. The van der Waals surface area contributed by atoms with E-state index in [1.165, 1.54) is 6.07 Å². The van der Waals surface area contributed by atoms with Crippen molar-refractivity contribution in [3.63, 3.8) is 0 Å². The van der Waals surface area contributed by atoms with Crippen LogP contribution in [0.15, 0.2) is 18.2 Å². The molecule has 5 nitrogen and oxygen atoms in total. The van der Waals surface area contributed by atoms with E-state index in [1.54, 1.807) is 4.90 Å². The third-order valence-corrected chi connectivity index (χ3v) is 7.34. The summed E-state index contributed by atoms with van der Waals surface area (Å²) in [6.45, 7) is 5.74. The van der Waals surface area contributed by atoms with Gasteiger partial charge in [0.15, 0.2) is 6.73 Å². The van der Waals surface area contributed by atoms with E-state index in [4.69, 9.17) is 4.74 Å². The monoisotopic (exact) mass is 454 g/mol. The van der Waals surface area contributed by atoms with Gasteiger partial charge in [0.05, 0.1) is 17.5 Å². The SMILES string of the molecule is C.CC(C)[C@]1(C(=O)N2COc3ccc(C(F)(F)F)cc3C2)CC[C@@H](N2CCC(=O)CC2)C1. The van der Waals surface area contributed by atoms with Crippen LogP contribution >= 0.6 is 0 Å². The molecule has 0 bridgehead atoms. The lowest BCUT2D eigenvalue weighted by Crippen LogP contribution is -2.49. The lowest BCUT2D eigenvalue weighted by molar-refractivity contribution is -0.150. The van der Waals surface area contributed by atoms with Crippen molar-refractivity contribution in [2.75, 3.05) is 19.8 Å². The molecular weight excluding hydrogens is 421 g/mol. The van der Waals surface area contributed by atoms with Crippen molar-refractivity contribution < 1.29 is 27.5 Å². The van der Waals surface area contributed by atoms with Gasteiger partial charge in [-0.25, -0.2) is 0 Å². The van der Waals surface area contributed by atoms with E-state index < -0.39 is 17.2 Å². The fraction of sp³-hybridized carbons (Fsp3) is 0.667. The van der Waals surface area contributed by atoms with Crippen LogP contribution < -0.4 is 4.74 Å². The number of rotatable bonds is 3. The normalized spacial score (nSPS) is 26.5. The first-order chi connectivity index (χ1) is 14.6. The molecule has 2 atom stereocenters. The van der Waals surface area contributed by atoms with E-state index in [9.17, 15) is 22.8 Å².